The standard InChI is InChI=1S/C27H48N2O2/c1-22(2)9-7-10-23(3)13-15-26(16-14-24(4)21-30)25(5)11-8-12-27(31)29-19-17-28(6)18-20-29/h9,11,13,24,26,30H,7-8,10,12,14-21H2,1-6H3/b23-13-,25-11-/i6D3. The Hall–Kier alpha value is -1.39. The molecule has 1 fully saturated rings. The molecule has 1 saturated heterocycles. The highest BCUT2D eigenvalue weighted by Crippen LogP contribution is 2.25. The van der Waals surface area contributed by atoms with E-state index in [1.54, 1.807) is 4.90 Å². The fraction of sp³-hybridized carbons (Fsp3) is 0.741. The molecular weight excluding hydrogens is 384 g/mol. The van der Waals surface area contributed by atoms with Crippen LogP contribution >= 0.6 is 0 Å². The zero-order chi connectivity index (χ0) is 25.7. The van der Waals surface area contributed by atoms with Crippen LogP contribution < -0.4 is 0 Å². The predicted octanol–water partition coefficient (Wildman–Crippen LogP) is 5.59. The molecule has 0 aromatic carbocycles. The zero-order valence-electron chi connectivity index (χ0n) is 23.6. The highest BCUT2D eigenvalue weighted by atomic mass is 16.3. The second-order valence-electron chi connectivity index (χ2n) is 9.52. The Morgan fingerprint density at radius 3 is 2.29 bits per heavy atom. The quantitative estimate of drug-likeness (QED) is 0.383. The van der Waals surface area contributed by atoms with Crippen molar-refractivity contribution in [1.29, 1.82) is 0 Å². The third-order valence-electron chi connectivity index (χ3n) is 6.26. The molecule has 0 bridgehead atoms. The monoisotopic (exact) mass is 435 g/mol. The molecule has 1 N–H and O–H groups in total. The van der Waals surface area contributed by atoms with Gasteiger partial charge in [-0.3, -0.25) is 4.79 Å². The van der Waals surface area contributed by atoms with Crippen LogP contribution in [0, 0.1) is 11.8 Å². The lowest BCUT2D eigenvalue weighted by Gasteiger charge is -2.32. The summed E-state index contributed by atoms with van der Waals surface area (Å²) in [4.78, 5) is 15.9. The van der Waals surface area contributed by atoms with Crippen molar-refractivity contribution in [3.63, 3.8) is 0 Å². The van der Waals surface area contributed by atoms with Gasteiger partial charge in [-0.05, 0) is 85.0 Å². The van der Waals surface area contributed by atoms with Crippen molar-refractivity contribution in [2.24, 2.45) is 11.8 Å². The van der Waals surface area contributed by atoms with Gasteiger partial charge < -0.3 is 14.9 Å². The lowest BCUT2D eigenvalue weighted by atomic mass is 9.87. The second kappa shape index (κ2) is 15.4. The van der Waals surface area contributed by atoms with Crippen molar-refractivity contribution >= 4 is 5.91 Å². The van der Waals surface area contributed by atoms with E-state index in [9.17, 15) is 9.90 Å². The number of hydrogen-bond acceptors (Lipinski definition) is 3. The third kappa shape index (κ3) is 12.3. The largest absolute Gasteiger partial charge is 0.396 e. The number of carbonyl (C=O) groups is 1. The minimum absolute atomic E-state index is 0.106. The van der Waals surface area contributed by atoms with Gasteiger partial charge in [0, 0.05) is 43.3 Å². The maximum atomic E-state index is 12.6. The molecule has 178 valence electrons. The van der Waals surface area contributed by atoms with E-state index >= 15 is 0 Å². The molecule has 1 aliphatic rings. The molecule has 2 atom stereocenters. The van der Waals surface area contributed by atoms with Gasteiger partial charge in [-0.1, -0.05) is 41.9 Å². The molecule has 2 unspecified atom stereocenters. The van der Waals surface area contributed by atoms with E-state index in [4.69, 9.17) is 4.11 Å². The summed E-state index contributed by atoms with van der Waals surface area (Å²) in [5, 5.41) is 9.43. The third-order valence-corrected chi connectivity index (χ3v) is 6.26. The molecule has 1 rings (SSSR count). The smallest absolute Gasteiger partial charge is 0.222 e. The number of hydrogen-bond donors (Lipinski definition) is 1. The maximum Gasteiger partial charge on any atom is 0.222 e. The lowest BCUT2D eigenvalue weighted by Crippen LogP contribution is -2.47. The highest BCUT2D eigenvalue weighted by molar-refractivity contribution is 5.76. The van der Waals surface area contributed by atoms with Gasteiger partial charge in [-0.2, -0.15) is 0 Å². The molecule has 0 saturated carbocycles. The van der Waals surface area contributed by atoms with Crippen molar-refractivity contribution in [2.75, 3.05) is 39.8 Å². The summed E-state index contributed by atoms with van der Waals surface area (Å²) in [5.74, 6) is 0.827. The molecule has 1 aliphatic heterocycles. The van der Waals surface area contributed by atoms with Gasteiger partial charge in [-0.15, -0.1) is 0 Å². The van der Waals surface area contributed by atoms with Crippen molar-refractivity contribution < 1.29 is 14.0 Å². The van der Waals surface area contributed by atoms with Crippen LogP contribution in [0.2, 0.25) is 0 Å². The first-order chi connectivity index (χ1) is 15.9. The molecule has 1 heterocycles. The number of aliphatic hydroxyl groups excluding tert-OH is 1. The van der Waals surface area contributed by atoms with Crippen LogP contribution in [0.25, 0.3) is 0 Å². The Bertz CT molecular complexity index is 701. The average molecular weight is 436 g/mol. The number of amides is 1. The van der Waals surface area contributed by atoms with Crippen molar-refractivity contribution in [1.82, 2.24) is 9.80 Å². The fourth-order valence-electron chi connectivity index (χ4n) is 3.85. The number of rotatable bonds is 13. The first-order valence-corrected chi connectivity index (χ1v) is 12.0. The van der Waals surface area contributed by atoms with Gasteiger partial charge in [-0.25, -0.2) is 0 Å². The highest BCUT2D eigenvalue weighted by Gasteiger charge is 2.18. The van der Waals surface area contributed by atoms with E-state index in [0.29, 0.717) is 50.9 Å². The van der Waals surface area contributed by atoms with E-state index in [-0.39, 0.29) is 12.5 Å². The Morgan fingerprint density at radius 2 is 1.68 bits per heavy atom. The van der Waals surface area contributed by atoms with E-state index in [1.807, 2.05) is 0 Å². The first kappa shape index (κ1) is 22.8. The van der Waals surface area contributed by atoms with Crippen LogP contribution in [0.3, 0.4) is 0 Å². The van der Waals surface area contributed by atoms with Gasteiger partial charge >= 0.3 is 0 Å². The van der Waals surface area contributed by atoms with Crippen LogP contribution in [-0.2, 0) is 4.79 Å². The van der Waals surface area contributed by atoms with Crippen LogP contribution in [0.5, 0.6) is 0 Å². The van der Waals surface area contributed by atoms with Gasteiger partial charge in [0.05, 0.1) is 0 Å². The zero-order valence-corrected chi connectivity index (χ0v) is 20.6. The molecule has 0 aliphatic carbocycles. The number of nitrogens with zero attached hydrogens (tertiary/aromatic N) is 2. The molecule has 0 aromatic rings. The van der Waals surface area contributed by atoms with Crippen LogP contribution in [0.4, 0.5) is 0 Å². The Morgan fingerprint density at radius 1 is 1.00 bits per heavy atom. The first-order valence-electron chi connectivity index (χ1n) is 13.5. The van der Waals surface area contributed by atoms with E-state index in [1.165, 1.54) is 21.6 Å². The van der Waals surface area contributed by atoms with Gasteiger partial charge in [0.2, 0.25) is 5.91 Å². The number of aliphatic hydroxyl groups is 1. The summed E-state index contributed by atoms with van der Waals surface area (Å²) in [6.45, 7) is 10.6. The lowest BCUT2D eigenvalue weighted by molar-refractivity contribution is -0.132. The summed E-state index contributed by atoms with van der Waals surface area (Å²) in [7, 11) is 0. The Kier molecular flexibility index (Phi) is 11.3. The molecule has 0 radical (unpaired) electrons. The van der Waals surface area contributed by atoms with Crippen LogP contribution in [0.1, 0.15) is 83.7 Å². The molecule has 1 amide bonds. The van der Waals surface area contributed by atoms with Gasteiger partial charge in [0.25, 0.3) is 0 Å². The van der Waals surface area contributed by atoms with Crippen LogP contribution in [-0.4, -0.2) is 60.6 Å². The predicted molar refractivity (Wildman–Crippen MR) is 133 cm³/mol. The SMILES string of the molecule is [2H]C([2H])([2H])N1CCN(C(=O)CC/C=C(/C)C(C/C=C(/C)CCC=C(C)C)CCC(C)CO)CC1. The van der Waals surface area contributed by atoms with Gasteiger partial charge in [0.1, 0.15) is 0 Å². The topological polar surface area (TPSA) is 43.8 Å². The molecule has 31 heavy (non-hydrogen) atoms. The molecule has 4 heteroatoms. The number of carbonyl (C=O) groups excluding carboxylic acids is 1. The van der Waals surface area contributed by atoms with Crippen molar-refractivity contribution in [2.45, 2.75) is 79.6 Å². The van der Waals surface area contributed by atoms with Crippen molar-refractivity contribution in [3.8, 4) is 0 Å². The summed E-state index contributed by atoms with van der Waals surface area (Å²) < 4.78 is 22.5. The fourth-order valence-corrected chi connectivity index (χ4v) is 3.85. The summed E-state index contributed by atoms with van der Waals surface area (Å²) in [6.07, 6.45) is 13.2. The maximum absolute atomic E-state index is 12.6. The Balaban J connectivity index is 2.62. The average Bonchev–Trinajstić information content (AvgIpc) is 2.77. The molecule has 0 spiro atoms. The summed E-state index contributed by atoms with van der Waals surface area (Å²) in [5.41, 5.74) is 4.09. The molecular formula is C27H48N2O2. The number of likely N-dealkylation sites (N-methyl/N-ethyl adjacent to an activating group) is 1. The normalized spacial score (nSPS) is 19.9. The van der Waals surface area contributed by atoms with Crippen molar-refractivity contribution in [3.05, 3.63) is 34.9 Å². The number of allylic oxidation sites excluding steroid dienone is 6. The minimum atomic E-state index is -2.07. The molecule has 0 aromatic heterocycles. The Labute approximate surface area is 196 Å². The summed E-state index contributed by atoms with van der Waals surface area (Å²) >= 11 is 0. The van der Waals surface area contributed by atoms with E-state index < -0.39 is 6.98 Å². The second-order valence-corrected chi connectivity index (χ2v) is 9.52. The summed E-state index contributed by atoms with van der Waals surface area (Å²) in [6, 6.07) is 0. The van der Waals surface area contributed by atoms with Crippen LogP contribution in [0.15, 0.2) is 34.9 Å². The van der Waals surface area contributed by atoms with E-state index in [0.717, 1.165) is 32.1 Å². The minimum Gasteiger partial charge on any atom is -0.396 e. The number of piperazine rings is 1. The van der Waals surface area contributed by atoms with Gasteiger partial charge in [0.15, 0.2) is 0 Å². The van der Waals surface area contributed by atoms with E-state index in [2.05, 4.69) is 52.8 Å². The molecule has 4 nitrogen and oxygen atoms in total.